The Morgan fingerprint density at radius 2 is 2.29 bits per heavy atom. The van der Waals surface area contributed by atoms with E-state index in [2.05, 4.69) is 10.2 Å². The second-order valence-electron chi connectivity index (χ2n) is 2.44. The van der Waals surface area contributed by atoms with Crippen molar-refractivity contribution in [1.29, 1.82) is 0 Å². The minimum atomic E-state index is -2.56. The first kappa shape index (κ1) is 11.3. The van der Waals surface area contributed by atoms with E-state index in [1.54, 1.807) is 0 Å². The summed E-state index contributed by atoms with van der Waals surface area (Å²) in [6.07, 6.45) is -2.56. The van der Waals surface area contributed by atoms with Gasteiger partial charge in [-0.2, -0.15) is 0 Å². The fourth-order valence-corrected chi connectivity index (χ4v) is 1.57. The lowest BCUT2D eigenvalue weighted by molar-refractivity contribution is 0.0619. The molecule has 1 heterocycles. The van der Waals surface area contributed by atoms with Gasteiger partial charge in [0.1, 0.15) is 0 Å². The van der Waals surface area contributed by atoms with Crippen LogP contribution in [0.3, 0.4) is 0 Å². The van der Waals surface area contributed by atoms with Gasteiger partial charge in [0.25, 0.3) is 12.3 Å². The molecular formula is C6H6ClF2N3OS. The molecule has 0 spiro atoms. The van der Waals surface area contributed by atoms with Gasteiger partial charge < -0.3 is 4.90 Å². The van der Waals surface area contributed by atoms with Crippen molar-refractivity contribution in [3.05, 3.63) is 9.47 Å². The fourth-order valence-electron chi connectivity index (χ4n) is 0.745. The number of carbonyl (C=O) groups is 1. The first-order valence-corrected chi connectivity index (χ1v) is 4.72. The smallest absolute Gasteiger partial charge is 0.284 e. The van der Waals surface area contributed by atoms with Gasteiger partial charge in [-0.3, -0.25) is 4.79 Å². The lowest BCUT2D eigenvalue weighted by Gasteiger charge is -2.13. The van der Waals surface area contributed by atoms with Gasteiger partial charge in [0, 0.05) is 7.05 Å². The van der Waals surface area contributed by atoms with Gasteiger partial charge in [-0.15, -0.1) is 10.2 Å². The maximum atomic E-state index is 11.9. The molecule has 0 aliphatic rings. The van der Waals surface area contributed by atoms with Crippen LogP contribution in [0, 0.1) is 0 Å². The molecule has 4 nitrogen and oxygen atoms in total. The number of halogens is 3. The molecule has 1 aromatic rings. The summed E-state index contributed by atoms with van der Waals surface area (Å²) >= 11 is 6.30. The van der Waals surface area contributed by atoms with Crippen LogP contribution in [0.1, 0.15) is 9.80 Å². The molecule has 0 bridgehead atoms. The minimum Gasteiger partial charge on any atom is -0.334 e. The number of amides is 1. The molecule has 0 radical (unpaired) electrons. The number of hydrogen-bond acceptors (Lipinski definition) is 4. The van der Waals surface area contributed by atoms with Crippen LogP contribution in [-0.4, -0.2) is 41.0 Å². The van der Waals surface area contributed by atoms with Crippen LogP contribution >= 0.6 is 22.9 Å². The third kappa shape index (κ3) is 2.85. The Bertz CT molecular complexity index is 333. The van der Waals surface area contributed by atoms with Gasteiger partial charge in [0.15, 0.2) is 0 Å². The van der Waals surface area contributed by atoms with Gasteiger partial charge >= 0.3 is 0 Å². The minimum absolute atomic E-state index is 0.0122. The molecule has 78 valence electrons. The quantitative estimate of drug-likeness (QED) is 0.806. The summed E-state index contributed by atoms with van der Waals surface area (Å²) in [5, 5.41) is 6.85. The molecule has 0 aliphatic carbocycles. The summed E-state index contributed by atoms with van der Waals surface area (Å²) in [7, 11) is 1.27. The van der Waals surface area contributed by atoms with Crippen LogP contribution in [0.2, 0.25) is 4.47 Å². The summed E-state index contributed by atoms with van der Waals surface area (Å²) in [4.78, 5) is 12.2. The number of aromatic nitrogens is 2. The summed E-state index contributed by atoms with van der Waals surface area (Å²) in [5.74, 6) is -0.602. The lowest BCUT2D eigenvalue weighted by atomic mass is 10.5. The number of hydrogen-bond donors (Lipinski definition) is 0. The van der Waals surface area contributed by atoms with Crippen LogP contribution in [0.25, 0.3) is 0 Å². The van der Waals surface area contributed by atoms with Gasteiger partial charge in [-0.05, 0) is 11.6 Å². The van der Waals surface area contributed by atoms with Crippen LogP contribution < -0.4 is 0 Å². The maximum absolute atomic E-state index is 11.9. The molecule has 1 amide bonds. The molecular weight excluding hydrogens is 236 g/mol. The second-order valence-corrected chi connectivity index (χ2v) is 4.00. The molecule has 0 N–H and O–H groups in total. The Morgan fingerprint density at radius 3 is 2.71 bits per heavy atom. The number of nitrogens with zero attached hydrogens (tertiary/aromatic N) is 3. The number of alkyl halides is 2. The highest BCUT2D eigenvalue weighted by Crippen LogP contribution is 2.16. The van der Waals surface area contributed by atoms with Crippen molar-refractivity contribution in [2.24, 2.45) is 0 Å². The predicted octanol–water partition coefficient (Wildman–Crippen LogP) is 1.53. The van der Waals surface area contributed by atoms with E-state index < -0.39 is 18.9 Å². The predicted molar refractivity (Wildman–Crippen MR) is 47.9 cm³/mol. The van der Waals surface area contributed by atoms with Crippen LogP contribution in [0.5, 0.6) is 0 Å². The molecule has 0 aromatic carbocycles. The Balaban J connectivity index is 2.65. The summed E-state index contributed by atoms with van der Waals surface area (Å²) < 4.78 is 23.9. The van der Waals surface area contributed by atoms with Crippen LogP contribution in [0.15, 0.2) is 0 Å². The molecule has 0 saturated heterocycles. The average Bonchev–Trinajstić information content (AvgIpc) is 2.49. The molecule has 0 saturated carbocycles. The van der Waals surface area contributed by atoms with Crippen molar-refractivity contribution in [2.75, 3.05) is 13.6 Å². The third-order valence-electron chi connectivity index (χ3n) is 1.34. The van der Waals surface area contributed by atoms with Gasteiger partial charge in [-0.1, -0.05) is 11.3 Å². The van der Waals surface area contributed by atoms with E-state index in [0.717, 1.165) is 16.2 Å². The van der Waals surface area contributed by atoms with Gasteiger partial charge in [-0.25, -0.2) is 8.78 Å². The topological polar surface area (TPSA) is 46.1 Å². The lowest BCUT2D eigenvalue weighted by Crippen LogP contribution is -2.31. The van der Waals surface area contributed by atoms with E-state index in [0.29, 0.717) is 0 Å². The van der Waals surface area contributed by atoms with E-state index in [1.165, 1.54) is 7.05 Å². The first-order valence-electron chi connectivity index (χ1n) is 3.53. The SMILES string of the molecule is CN(CC(F)F)C(=O)c1nnc(Cl)s1. The zero-order valence-electron chi connectivity index (χ0n) is 7.08. The normalized spacial score (nSPS) is 10.6. The van der Waals surface area contributed by atoms with Crippen molar-refractivity contribution < 1.29 is 13.6 Å². The largest absolute Gasteiger partial charge is 0.334 e. The maximum Gasteiger partial charge on any atom is 0.284 e. The Morgan fingerprint density at radius 1 is 1.64 bits per heavy atom. The van der Waals surface area contributed by atoms with E-state index in [4.69, 9.17) is 11.6 Å². The first-order chi connectivity index (χ1) is 6.50. The van der Waals surface area contributed by atoms with Crippen LogP contribution in [0.4, 0.5) is 8.78 Å². The molecule has 8 heteroatoms. The summed E-state index contributed by atoms with van der Waals surface area (Å²) in [5.41, 5.74) is 0. The van der Waals surface area contributed by atoms with Crippen molar-refractivity contribution >= 4 is 28.8 Å². The standard InChI is InChI=1S/C6H6ClF2N3OS/c1-12(2-3(8)9)5(13)4-10-11-6(7)14-4/h3H,2H2,1H3. The van der Waals surface area contributed by atoms with Crippen molar-refractivity contribution in [2.45, 2.75) is 6.43 Å². The summed E-state index contributed by atoms with van der Waals surface area (Å²) in [6, 6.07) is 0. The van der Waals surface area contributed by atoms with Crippen molar-refractivity contribution in [3.8, 4) is 0 Å². The van der Waals surface area contributed by atoms with E-state index in [-0.39, 0.29) is 9.47 Å². The van der Waals surface area contributed by atoms with Gasteiger partial charge in [0.05, 0.1) is 6.54 Å². The van der Waals surface area contributed by atoms with Gasteiger partial charge in [0.2, 0.25) is 9.47 Å². The van der Waals surface area contributed by atoms with E-state index >= 15 is 0 Å². The zero-order chi connectivity index (χ0) is 10.7. The average molecular weight is 242 g/mol. The van der Waals surface area contributed by atoms with Crippen LogP contribution in [-0.2, 0) is 0 Å². The highest BCUT2D eigenvalue weighted by molar-refractivity contribution is 7.17. The molecule has 1 aromatic heterocycles. The third-order valence-corrected chi connectivity index (χ3v) is 2.35. The Kier molecular flexibility index (Phi) is 3.70. The molecule has 1 rings (SSSR count). The summed E-state index contributed by atoms with van der Waals surface area (Å²) in [6.45, 7) is -0.629. The molecule has 0 unspecified atom stereocenters. The second kappa shape index (κ2) is 4.61. The highest BCUT2D eigenvalue weighted by Gasteiger charge is 2.19. The fraction of sp³-hybridized carbons (Fsp3) is 0.500. The number of rotatable bonds is 3. The van der Waals surface area contributed by atoms with Crippen molar-refractivity contribution in [1.82, 2.24) is 15.1 Å². The molecule has 0 aliphatic heterocycles. The Labute approximate surface area is 87.5 Å². The zero-order valence-corrected chi connectivity index (χ0v) is 8.65. The molecule has 0 fully saturated rings. The monoisotopic (exact) mass is 241 g/mol. The highest BCUT2D eigenvalue weighted by atomic mass is 35.5. The molecule has 14 heavy (non-hydrogen) atoms. The molecule has 0 atom stereocenters. The van der Waals surface area contributed by atoms with Crippen molar-refractivity contribution in [3.63, 3.8) is 0 Å². The van der Waals surface area contributed by atoms with E-state index in [9.17, 15) is 13.6 Å². The number of carbonyl (C=O) groups excluding carboxylic acids is 1. The Hall–Kier alpha value is -0.820. The van der Waals surface area contributed by atoms with E-state index in [1.807, 2.05) is 0 Å².